The van der Waals surface area contributed by atoms with Gasteiger partial charge in [-0.15, -0.1) is 0 Å². The molecular formula is C25H24Cl2F2N6O. The van der Waals surface area contributed by atoms with Gasteiger partial charge in [-0.3, -0.25) is 0 Å². The van der Waals surface area contributed by atoms with Crippen LogP contribution in [0, 0.1) is 17.6 Å². The molecule has 0 bridgehead atoms. The van der Waals surface area contributed by atoms with Crippen LogP contribution in [-0.4, -0.2) is 39.7 Å². The van der Waals surface area contributed by atoms with Gasteiger partial charge in [0, 0.05) is 18.1 Å². The highest BCUT2D eigenvalue weighted by Gasteiger charge is 2.24. The molecule has 0 amide bonds. The first-order valence-electron chi connectivity index (χ1n) is 11.6. The Bertz CT molecular complexity index is 1410. The van der Waals surface area contributed by atoms with Crippen LogP contribution in [0.4, 0.5) is 14.7 Å². The van der Waals surface area contributed by atoms with Gasteiger partial charge in [-0.25, -0.2) is 18.7 Å². The monoisotopic (exact) mass is 532 g/mol. The standard InChI is InChI=1S/C25H24Cl2F2N6O/c1-36-21-9-16(26)8-17(27)22(21)24-33-20-12-32-25(31-11-14-4-5-18(28)19(29)7-14)34-23(20)35(24)13-15-3-2-6-30-10-15/h4-5,7-9,12,15,30H,2-3,6,10-11,13H2,1H3,(H,31,32,34)/t15-/m0/s1. The van der Waals surface area contributed by atoms with Crippen LogP contribution in [-0.2, 0) is 13.1 Å². The second kappa shape index (κ2) is 10.5. The van der Waals surface area contributed by atoms with Crippen molar-refractivity contribution in [2.45, 2.75) is 25.9 Å². The summed E-state index contributed by atoms with van der Waals surface area (Å²) in [6.45, 7) is 2.79. The number of piperidine rings is 1. The summed E-state index contributed by atoms with van der Waals surface area (Å²) in [4.78, 5) is 13.9. The van der Waals surface area contributed by atoms with Gasteiger partial charge in [0.05, 0.1) is 23.9 Å². The number of rotatable bonds is 7. The summed E-state index contributed by atoms with van der Waals surface area (Å²) >= 11 is 12.8. The largest absolute Gasteiger partial charge is 0.496 e. The molecule has 0 unspecified atom stereocenters. The minimum absolute atomic E-state index is 0.229. The molecule has 1 saturated heterocycles. The third-order valence-corrected chi connectivity index (χ3v) is 6.74. The zero-order chi connectivity index (χ0) is 25.2. The Morgan fingerprint density at radius 2 is 2.03 bits per heavy atom. The number of nitrogens with zero attached hydrogens (tertiary/aromatic N) is 4. The molecule has 3 heterocycles. The number of benzene rings is 2. The lowest BCUT2D eigenvalue weighted by Crippen LogP contribution is -2.32. The van der Waals surface area contributed by atoms with Gasteiger partial charge in [0.1, 0.15) is 17.1 Å². The van der Waals surface area contributed by atoms with E-state index in [0.717, 1.165) is 38.1 Å². The molecule has 36 heavy (non-hydrogen) atoms. The van der Waals surface area contributed by atoms with Crippen molar-refractivity contribution < 1.29 is 13.5 Å². The highest BCUT2D eigenvalue weighted by atomic mass is 35.5. The van der Waals surface area contributed by atoms with E-state index < -0.39 is 11.6 Å². The van der Waals surface area contributed by atoms with E-state index in [2.05, 4.69) is 15.6 Å². The summed E-state index contributed by atoms with van der Waals surface area (Å²) in [5.74, 6) is 0.0534. The Hall–Kier alpha value is -3.01. The first-order valence-corrected chi connectivity index (χ1v) is 12.3. The van der Waals surface area contributed by atoms with Gasteiger partial charge in [-0.05, 0) is 61.7 Å². The molecule has 0 aliphatic carbocycles. The first kappa shape index (κ1) is 24.7. The molecule has 0 saturated carbocycles. The molecule has 0 radical (unpaired) electrons. The summed E-state index contributed by atoms with van der Waals surface area (Å²) in [5.41, 5.74) is 2.42. The van der Waals surface area contributed by atoms with Crippen LogP contribution in [0.5, 0.6) is 5.75 Å². The average Bonchev–Trinajstić information content (AvgIpc) is 3.21. The van der Waals surface area contributed by atoms with E-state index in [4.69, 9.17) is 37.9 Å². The molecule has 188 valence electrons. The van der Waals surface area contributed by atoms with Gasteiger partial charge in [0.15, 0.2) is 17.3 Å². The Balaban J connectivity index is 1.55. The topological polar surface area (TPSA) is 76.9 Å². The predicted octanol–water partition coefficient (Wildman–Crippen LogP) is 5.70. The number of hydrogen-bond donors (Lipinski definition) is 2. The number of methoxy groups -OCH3 is 1. The molecule has 2 N–H and O–H groups in total. The van der Waals surface area contributed by atoms with E-state index >= 15 is 0 Å². The zero-order valence-corrected chi connectivity index (χ0v) is 21.0. The average molecular weight is 533 g/mol. The number of hydrogen-bond acceptors (Lipinski definition) is 6. The number of nitrogens with one attached hydrogen (secondary N) is 2. The number of imidazole rings is 1. The van der Waals surface area contributed by atoms with Crippen LogP contribution in [0.15, 0.2) is 36.5 Å². The zero-order valence-electron chi connectivity index (χ0n) is 19.5. The molecule has 4 aromatic rings. The molecule has 2 aromatic carbocycles. The van der Waals surface area contributed by atoms with Crippen molar-refractivity contribution in [3.8, 4) is 17.1 Å². The lowest BCUT2D eigenvalue weighted by atomic mass is 9.99. The van der Waals surface area contributed by atoms with E-state index in [-0.39, 0.29) is 6.54 Å². The number of ether oxygens (including phenoxy) is 1. The fourth-order valence-electron chi connectivity index (χ4n) is 4.46. The van der Waals surface area contributed by atoms with Crippen LogP contribution in [0.3, 0.4) is 0 Å². The van der Waals surface area contributed by atoms with Crippen molar-refractivity contribution in [3.63, 3.8) is 0 Å². The van der Waals surface area contributed by atoms with Crippen molar-refractivity contribution in [1.29, 1.82) is 0 Å². The predicted molar refractivity (Wildman–Crippen MR) is 137 cm³/mol. The van der Waals surface area contributed by atoms with Crippen molar-refractivity contribution in [3.05, 3.63) is 63.8 Å². The Kier molecular flexibility index (Phi) is 7.22. The minimum Gasteiger partial charge on any atom is -0.496 e. The fourth-order valence-corrected chi connectivity index (χ4v) is 5.02. The quantitative estimate of drug-likeness (QED) is 0.318. The molecule has 1 atom stereocenters. The molecular weight excluding hydrogens is 509 g/mol. The normalized spacial score (nSPS) is 15.9. The Morgan fingerprint density at radius 3 is 2.78 bits per heavy atom. The van der Waals surface area contributed by atoms with Crippen molar-refractivity contribution in [2.24, 2.45) is 5.92 Å². The van der Waals surface area contributed by atoms with Gasteiger partial charge in [-0.2, -0.15) is 4.98 Å². The van der Waals surface area contributed by atoms with Crippen molar-refractivity contribution in [1.82, 2.24) is 24.8 Å². The molecule has 1 aliphatic rings. The molecule has 0 spiro atoms. The van der Waals surface area contributed by atoms with Crippen LogP contribution < -0.4 is 15.4 Å². The summed E-state index contributed by atoms with van der Waals surface area (Å²) in [6.07, 6.45) is 3.79. The Labute approximate surface area is 216 Å². The lowest BCUT2D eigenvalue weighted by molar-refractivity contribution is 0.340. The smallest absolute Gasteiger partial charge is 0.225 e. The maximum atomic E-state index is 13.6. The van der Waals surface area contributed by atoms with Crippen LogP contribution in [0.25, 0.3) is 22.6 Å². The second-order valence-electron chi connectivity index (χ2n) is 8.73. The van der Waals surface area contributed by atoms with Gasteiger partial charge < -0.3 is 19.9 Å². The van der Waals surface area contributed by atoms with E-state index in [1.807, 2.05) is 4.57 Å². The number of halogens is 4. The highest BCUT2D eigenvalue weighted by molar-refractivity contribution is 6.36. The molecule has 1 fully saturated rings. The van der Waals surface area contributed by atoms with Crippen LogP contribution >= 0.6 is 23.2 Å². The number of fused-ring (bicyclic) bond motifs is 1. The molecule has 11 heteroatoms. The molecule has 7 nitrogen and oxygen atoms in total. The van der Waals surface area contributed by atoms with E-state index in [1.165, 1.54) is 6.07 Å². The van der Waals surface area contributed by atoms with E-state index in [0.29, 0.717) is 62.3 Å². The first-order chi connectivity index (χ1) is 17.4. The van der Waals surface area contributed by atoms with Crippen molar-refractivity contribution in [2.75, 3.05) is 25.5 Å². The summed E-state index contributed by atoms with van der Waals surface area (Å²) in [5, 5.41) is 7.42. The van der Waals surface area contributed by atoms with Crippen LogP contribution in [0.2, 0.25) is 10.0 Å². The van der Waals surface area contributed by atoms with E-state index in [1.54, 1.807) is 25.4 Å². The van der Waals surface area contributed by atoms with Gasteiger partial charge in [0.2, 0.25) is 5.95 Å². The lowest BCUT2D eigenvalue weighted by Gasteiger charge is -2.24. The van der Waals surface area contributed by atoms with Crippen molar-refractivity contribution >= 4 is 40.3 Å². The SMILES string of the molecule is COc1cc(Cl)cc(Cl)c1-c1nc2cnc(NCc3ccc(F)c(F)c3)nc2n1C[C@H]1CCCNC1. The maximum absolute atomic E-state index is 13.6. The van der Waals surface area contributed by atoms with Gasteiger partial charge in [0.25, 0.3) is 0 Å². The number of anilines is 1. The summed E-state index contributed by atoms with van der Waals surface area (Å²) in [7, 11) is 1.56. The summed E-state index contributed by atoms with van der Waals surface area (Å²) in [6, 6.07) is 7.12. The third kappa shape index (κ3) is 5.09. The minimum atomic E-state index is -0.900. The third-order valence-electron chi connectivity index (χ3n) is 6.22. The van der Waals surface area contributed by atoms with Crippen LogP contribution in [0.1, 0.15) is 18.4 Å². The highest BCUT2D eigenvalue weighted by Crippen LogP contribution is 2.40. The molecule has 1 aliphatic heterocycles. The fraction of sp³-hybridized carbons (Fsp3) is 0.320. The molecule has 2 aromatic heterocycles. The molecule has 5 rings (SSSR count). The number of aromatic nitrogens is 4. The summed E-state index contributed by atoms with van der Waals surface area (Å²) < 4.78 is 34.5. The van der Waals surface area contributed by atoms with E-state index in [9.17, 15) is 8.78 Å². The second-order valence-corrected chi connectivity index (χ2v) is 9.57. The maximum Gasteiger partial charge on any atom is 0.225 e. The Morgan fingerprint density at radius 1 is 1.17 bits per heavy atom. The van der Waals surface area contributed by atoms with Gasteiger partial charge in [-0.1, -0.05) is 29.3 Å². The van der Waals surface area contributed by atoms with Gasteiger partial charge >= 0.3 is 0 Å².